The molecule has 0 aliphatic rings. The van der Waals surface area contributed by atoms with E-state index >= 15 is 0 Å². The molecule has 84 valence electrons. The third-order valence-corrected chi connectivity index (χ3v) is 1.91. The van der Waals surface area contributed by atoms with Gasteiger partial charge in [0.25, 0.3) is 5.89 Å². The van der Waals surface area contributed by atoms with E-state index < -0.39 is 0 Å². The molecule has 0 fully saturated rings. The Labute approximate surface area is 88.8 Å². The average molecular weight is 212 g/mol. The zero-order valence-corrected chi connectivity index (χ0v) is 9.48. The van der Waals surface area contributed by atoms with Crippen LogP contribution in [-0.4, -0.2) is 23.0 Å². The predicted octanol–water partition coefficient (Wildman–Crippen LogP) is 2.01. The third-order valence-electron chi connectivity index (χ3n) is 1.91. The second kappa shape index (κ2) is 4.53. The van der Waals surface area contributed by atoms with Gasteiger partial charge in [-0.05, 0) is 12.3 Å². The minimum absolute atomic E-state index is 0.0149. The van der Waals surface area contributed by atoms with E-state index in [2.05, 4.69) is 10.1 Å². The molecule has 0 spiro atoms. The molecular weight excluding hydrogens is 196 g/mol. The highest BCUT2D eigenvalue weighted by atomic mass is 16.5. The molecule has 1 rings (SSSR count). The van der Waals surface area contributed by atoms with Crippen molar-refractivity contribution in [1.29, 1.82) is 0 Å². The van der Waals surface area contributed by atoms with Gasteiger partial charge in [-0.2, -0.15) is 4.98 Å². The molecule has 0 amide bonds. The van der Waals surface area contributed by atoms with Crippen LogP contribution in [0, 0.1) is 5.41 Å². The summed E-state index contributed by atoms with van der Waals surface area (Å²) in [5.41, 5.74) is -0.139. The maximum Gasteiger partial charge on any atom is 0.290 e. The lowest BCUT2D eigenvalue weighted by atomic mass is 9.88. The van der Waals surface area contributed by atoms with E-state index in [4.69, 9.17) is 9.26 Å². The fourth-order valence-electron chi connectivity index (χ4n) is 1.28. The molecule has 1 aromatic rings. The number of rotatable bonds is 4. The van der Waals surface area contributed by atoms with Crippen LogP contribution in [0.5, 0.6) is 0 Å². The van der Waals surface area contributed by atoms with E-state index in [1.807, 2.05) is 27.7 Å². The van der Waals surface area contributed by atoms with Crippen molar-refractivity contribution in [3.05, 3.63) is 11.7 Å². The van der Waals surface area contributed by atoms with Crippen LogP contribution < -0.4 is 0 Å². The third kappa shape index (κ3) is 2.86. The summed E-state index contributed by atoms with van der Waals surface area (Å²) in [6.07, 6.45) is 0.266. The first kappa shape index (κ1) is 11.8. The quantitative estimate of drug-likeness (QED) is 0.714. The Morgan fingerprint density at radius 1 is 1.53 bits per heavy atom. The number of aldehydes is 1. The first-order valence-electron chi connectivity index (χ1n) is 4.89. The normalized spacial score (nSPS) is 13.9. The fraction of sp³-hybridized carbons (Fsp3) is 0.700. The zero-order valence-electron chi connectivity index (χ0n) is 9.48. The Hall–Kier alpha value is -1.23. The number of aromatic nitrogens is 2. The van der Waals surface area contributed by atoms with Gasteiger partial charge in [0.2, 0.25) is 12.1 Å². The Bertz CT molecular complexity index is 328. The summed E-state index contributed by atoms with van der Waals surface area (Å²) in [5.74, 6) is 0.408. The van der Waals surface area contributed by atoms with Gasteiger partial charge in [-0.15, -0.1) is 0 Å². The van der Waals surface area contributed by atoms with Crippen molar-refractivity contribution in [2.75, 3.05) is 6.61 Å². The van der Waals surface area contributed by atoms with E-state index in [0.29, 0.717) is 18.7 Å². The summed E-state index contributed by atoms with van der Waals surface area (Å²) in [6.45, 7) is 8.52. The van der Waals surface area contributed by atoms with Gasteiger partial charge >= 0.3 is 0 Å². The van der Waals surface area contributed by atoms with E-state index in [1.165, 1.54) is 0 Å². The largest absolute Gasteiger partial charge is 0.370 e. The molecule has 0 saturated carbocycles. The second-order valence-electron chi connectivity index (χ2n) is 4.31. The minimum atomic E-state index is -0.264. The lowest BCUT2D eigenvalue weighted by Gasteiger charge is -2.27. The molecule has 0 saturated heterocycles. The van der Waals surface area contributed by atoms with Crippen molar-refractivity contribution in [2.45, 2.75) is 33.8 Å². The van der Waals surface area contributed by atoms with Crippen LogP contribution in [0.4, 0.5) is 0 Å². The number of carbonyl (C=O) groups is 1. The fourth-order valence-corrected chi connectivity index (χ4v) is 1.28. The Morgan fingerprint density at radius 2 is 2.20 bits per heavy atom. The van der Waals surface area contributed by atoms with Crippen molar-refractivity contribution in [1.82, 2.24) is 10.1 Å². The number of ether oxygens (including phenoxy) is 1. The van der Waals surface area contributed by atoms with E-state index in [1.54, 1.807) is 0 Å². The summed E-state index contributed by atoms with van der Waals surface area (Å²) in [4.78, 5) is 14.4. The Morgan fingerprint density at radius 3 is 2.60 bits per heavy atom. The molecule has 0 bridgehead atoms. The van der Waals surface area contributed by atoms with Gasteiger partial charge in [0.15, 0.2) is 0 Å². The van der Waals surface area contributed by atoms with Gasteiger partial charge in [0.1, 0.15) is 6.10 Å². The van der Waals surface area contributed by atoms with Crippen LogP contribution >= 0.6 is 0 Å². The second-order valence-corrected chi connectivity index (χ2v) is 4.31. The Kier molecular flexibility index (Phi) is 3.57. The molecule has 5 nitrogen and oxygen atoms in total. The van der Waals surface area contributed by atoms with Crippen LogP contribution in [0.2, 0.25) is 0 Å². The minimum Gasteiger partial charge on any atom is -0.370 e. The summed E-state index contributed by atoms with van der Waals surface area (Å²) < 4.78 is 10.3. The summed E-state index contributed by atoms with van der Waals surface area (Å²) >= 11 is 0. The van der Waals surface area contributed by atoms with Crippen LogP contribution in [0.1, 0.15) is 50.3 Å². The van der Waals surface area contributed by atoms with Gasteiger partial charge in [0.05, 0.1) is 0 Å². The maximum atomic E-state index is 10.4. The van der Waals surface area contributed by atoms with Crippen molar-refractivity contribution in [2.24, 2.45) is 5.41 Å². The predicted molar refractivity (Wildman–Crippen MR) is 53.5 cm³/mol. The molecule has 1 aromatic heterocycles. The first-order valence-corrected chi connectivity index (χ1v) is 4.89. The van der Waals surface area contributed by atoms with Gasteiger partial charge in [-0.1, -0.05) is 25.9 Å². The first-order chi connectivity index (χ1) is 6.99. The highest BCUT2D eigenvalue weighted by molar-refractivity contribution is 5.66. The summed E-state index contributed by atoms with van der Waals surface area (Å²) in [6, 6.07) is 0. The molecular formula is C10H16N2O3. The van der Waals surface area contributed by atoms with Crippen molar-refractivity contribution >= 4 is 6.29 Å². The summed E-state index contributed by atoms with van der Waals surface area (Å²) in [5, 5.41) is 3.73. The molecule has 1 heterocycles. The van der Waals surface area contributed by atoms with Crippen LogP contribution in [0.25, 0.3) is 0 Å². The summed E-state index contributed by atoms with van der Waals surface area (Å²) in [7, 11) is 0. The van der Waals surface area contributed by atoms with Crippen molar-refractivity contribution in [3.63, 3.8) is 0 Å². The molecule has 0 aliphatic heterocycles. The lowest BCUT2D eigenvalue weighted by Crippen LogP contribution is -2.22. The van der Waals surface area contributed by atoms with E-state index in [0.717, 1.165) is 0 Å². The van der Waals surface area contributed by atoms with Crippen molar-refractivity contribution in [3.8, 4) is 0 Å². The lowest BCUT2D eigenvalue weighted by molar-refractivity contribution is -0.0203. The molecule has 0 aromatic carbocycles. The van der Waals surface area contributed by atoms with Crippen LogP contribution in [0.3, 0.4) is 0 Å². The maximum absolute atomic E-state index is 10.4. The molecule has 0 aliphatic carbocycles. The molecule has 1 unspecified atom stereocenters. The number of carbonyl (C=O) groups excluding carboxylic acids is 1. The monoisotopic (exact) mass is 212 g/mol. The highest BCUT2D eigenvalue weighted by Crippen LogP contribution is 2.34. The number of hydrogen-bond acceptors (Lipinski definition) is 5. The van der Waals surface area contributed by atoms with Gasteiger partial charge in [-0.25, -0.2) is 0 Å². The number of nitrogens with zero attached hydrogens (tertiary/aromatic N) is 2. The SMILES string of the molecule is CCOC(c1noc(C=O)n1)C(C)(C)C. The average Bonchev–Trinajstić information content (AvgIpc) is 2.60. The Balaban J connectivity index is 2.93. The smallest absolute Gasteiger partial charge is 0.290 e. The van der Waals surface area contributed by atoms with Crippen LogP contribution in [-0.2, 0) is 4.74 Å². The topological polar surface area (TPSA) is 65.2 Å². The number of hydrogen-bond donors (Lipinski definition) is 0. The van der Waals surface area contributed by atoms with Gasteiger partial charge in [0, 0.05) is 6.61 Å². The standard InChI is InChI=1S/C10H16N2O3/c1-5-14-8(10(2,3)4)9-11-7(6-13)15-12-9/h6,8H,5H2,1-4H3. The molecule has 5 heteroatoms. The van der Waals surface area contributed by atoms with Crippen molar-refractivity contribution < 1.29 is 14.1 Å². The molecule has 0 radical (unpaired) electrons. The van der Waals surface area contributed by atoms with Gasteiger partial charge < -0.3 is 9.26 Å². The highest BCUT2D eigenvalue weighted by Gasteiger charge is 2.31. The van der Waals surface area contributed by atoms with E-state index in [-0.39, 0.29) is 17.4 Å². The van der Waals surface area contributed by atoms with Crippen LogP contribution in [0.15, 0.2) is 4.52 Å². The molecule has 15 heavy (non-hydrogen) atoms. The van der Waals surface area contributed by atoms with Gasteiger partial charge in [-0.3, -0.25) is 4.79 Å². The zero-order chi connectivity index (χ0) is 11.5. The molecule has 1 atom stereocenters. The van der Waals surface area contributed by atoms with E-state index in [9.17, 15) is 4.79 Å². The molecule has 0 N–H and O–H groups in total.